The average Bonchev–Trinajstić information content (AvgIpc) is 2.65. The summed E-state index contributed by atoms with van der Waals surface area (Å²) in [4.78, 5) is 34.8. The molecule has 0 aromatic rings. The molecule has 1 aliphatic carbocycles. The van der Waals surface area contributed by atoms with Crippen molar-refractivity contribution >= 4 is 17.8 Å². The molecule has 0 spiro atoms. The number of carbonyl (C=O) groups excluding carboxylic acids is 2. The molecule has 0 unspecified atom stereocenters. The Labute approximate surface area is 155 Å². The smallest absolute Gasteiger partial charge is 0.305 e. The van der Waals surface area contributed by atoms with Crippen LogP contribution in [0.25, 0.3) is 0 Å². The number of hydrogen-bond acceptors (Lipinski definition) is 4. The monoisotopic (exact) mass is 367 g/mol. The highest BCUT2D eigenvalue weighted by molar-refractivity contribution is 5.81. The number of carboxylic acids is 1. The molecular weight excluding hydrogens is 334 g/mol. The summed E-state index contributed by atoms with van der Waals surface area (Å²) in [5, 5.41) is 17.7. The molecule has 0 aromatic heterocycles. The van der Waals surface area contributed by atoms with Gasteiger partial charge in [-0.05, 0) is 70.4 Å². The van der Waals surface area contributed by atoms with Crippen LogP contribution in [0, 0.1) is 17.8 Å². The van der Waals surface area contributed by atoms with Gasteiger partial charge in [0.05, 0.1) is 6.42 Å². The van der Waals surface area contributed by atoms with Crippen LogP contribution >= 0.6 is 0 Å². The van der Waals surface area contributed by atoms with E-state index in [1.165, 1.54) is 19.3 Å². The minimum Gasteiger partial charge on any atom is -0.481 e. The maximum atomic E-state index is 12.3. The van der Waals surface area contributed by atoms with Gasteiger partial charge in [-0.3, -0.25) is 14.4 Å². The fourth-order valence-electron chi connectivity index (χ4n) is 3.97. The predicted molar refractivity (Wildman–Crippen MR) is 98.5 cm³/mol. The molecule has 2 aliphatic rings. The van der Waals surface area contributed by atoms with Crippen molar-refractivity contribution in [3.05, 3.63) is 0 Å². The van der Waals surface area contributed by atoms with Gasteiger partial charge in [-0.15, -0.1) is 0 Å². The Morgan fingerprint density at radius 3 is 1.92 bits per heavy atom. The number of rotatable bonds is 9. The second-order valence-electron chi connectivity index (χ2n) is 7.61. The number of carbonyl (C=O) groups is 3. The lowest BCUT2D eigenvalue weighted by Gasteiger charge is -2.27. The normalized spacial score (nSPS) is 24.0. The first-order chi connectivity index (χ1) is 12.6. The van der Waals surface area contributed by atoms with Gasteiger partial charge in [0.1, 0.15) is 0 Å². The van der Waals surface area contributed by atoms with Crippen molar-refractivity contribution in [1.29, 1.82) is 0 Å². The molecule has 7 nitrogen and oxygen atoms in total. The van der Waals surface area contributed by atoms with Crippen molar-refractivity contribution < 1.29 is 19.5 Å². The van der Waals surface area contributed by atoms with Crippen LogP contribution in [0.4, 0.5) is 0 Å². The molecule has 0 bridgehead atoms. The van der Waals surface area contributed by atoms with Gasteiger partial charge in [0.15, 0.2) is 0 Å². The molecular formula is C19H33N3O4. The Balaban J connectivity index is 1.55. The molecule has 4 N–H and O–H groups in total. The number of carboxylic acid groups (broad SMARTS) is 1. The SMILES string of the molecule is O=C(O)CCNC(=O)C1CCC(C(=O)NCCCC2CCNCC2)CC1. The van der Waals surface area contributed by atoms with E-state index in [0.717, 1.165) is 44.8 Å². The zero-order valence-electron chi connectivity index (χ0n) is 15.6. The molecule has 0 radical (unpaired) electrons. The third-order valence-corrected chi connectivity index (χ3v) is 5.65. The van der Waals surface area contributed by atoms with E-state index in [2.05, 4.69) is 16.0 Å². The second-order valence-corrected chi connectivity index (χ2v) is 7.61. The van der Waals surface area contributed by atoms with Gasteiger partial charge in [-0.2, -0.15) is 0 Å². The van der Waals surface area contributed by atoms with Crippen molar-refractivity contribution in [2.75, 3.05) is 26.2 Å². The van der Waals surface area contributed by atoms with E-state index in [4.69, 9.17) is 5.11 Å². The van der Waals surface area contributed by atoms with Crippen molar-refractivity contribution in [2.24, 2.45) is 17.8 Å². The average molecular weight is 367 g/mol. The molecule has 1 saturated heterocycles. The second kappa shape index (κ2) is 11.2. The molecule has 2 amide bonds. The molecule has 1 saturated carbocycles. The third kappa shape index (κ3) is 7.32. The van der Waals surface area contributed by atoms with E-state index in [1.807, 2.05) is 0 Å². The minimum absolute atomic E-state index is 0.0111. The highest BCUT2D eigenvalue weighted by Gasteiger charge is 2.29. The van der Waals surface area contributed by atoms with Crippen LogP contribution < -0.4 is 16.0 Å². The zero-order valence-corrected chi connectivity index (χ0v) is 15.6. The van der Waals surface area contributed by atoms with Crippen LogP contribution in [0.15, 0.2) is 0 Å². The van der Waals surface area contributed by atoms with Crippen molar-refractivity contribution in [3.8, 4) is 0 Å². The number of nitrogens with one attached hydrogen (secondary N) is 3. The molecule has 0 atom stereocenters. The summed E-state index contributed by atoms with van der Waals surface area (Å²) in [7, 11) is 0. The molecule has 2 rings (SSSR count). The van der Waals surface area contributed by atoms with E-state index in [1.54, 1.807) is 0 Å². The summed E-state index contributed by atoms with van der Waals surface area (Å²) in [6, 6.07) is 0. The highest BCUT2D eigenvalue weighted by Crippen LogP contribution is 2.29. The summed E-state index contributed by atoms with van der Waals surface area (Å²) >= 11 is 0. The van der Waals surface area contributed by atoms with Crippen LogP contribution in [0.5, 0.6) is 0 Å². The van der Waals surface area contributed by atoms with Crippen LogP contribution in [0.1, 0.15) is 57.8 Å². The fraction of sp³-hybridized carbons (Fsp3) is 0.842. The third-order valence-electron chi connectivity index (χ3n) is 5.65. The van der Waals surface area contributed by atoms with Crippen LogP contribution in [0.2, 0.25) is 0 Å². The molecule has 7 heteroatoms. The lowest BCUT2D eigenvalue weighted by Crippen LogP contribution is -2.38. The van der Waals surface area contributed by atoms with E-state index in [9.17, 15) is 14.4 Å². The zero-order chi connectivity index (χ0) is 18.8. The Hall–Kier alpha value is -1.63. The largest absolute Gasteiger partial charge is 0.481 e. The molecule has 148 valence electrons. The summed E-state index contributed by atoms with van der Waals surface area (Å²) in [6.45, 7) is 3.15. The topological polar surface area (TPSA) is 108 Å². The first kappa shape index (κ1) is 20.7. The first-order valence-corrected chi connectivity index (χ1v) is 10.0. The molecule has 1 heterocycles. The first-order valence-electron chi connectivity index (χ1n) is 10.0. The van der Waals surface area contributed by atoms with E-state index >= 15 is 0 Å². The lowest BCUT2D eigenvalue weighted by molar-refractivity contribution is -0.137. The van der Waals surface area contributed by atoms with E-state index in [-0.39, 0.29) is 36.6 Å². The predicted octanol–water partition coefficient (Wildman–Crippen LogP) is 1.28. The van der Waals surface area contributed by atoms with Gasteiger partial charge in [-0.25, -0.2) is 0 Å². The maximum Gasteiger partial charge on any atom is 0.305 e. The van der Waals surface area contributed by atoms with Crippen molar-refractivity contribution in [1.82, 2.24) is 16.0 Å². The van der Waals surface area contributed by atoms with Crippen LogP contribution in [0.3, 0.4) is 0 Å². The van der Waals surface area contributed by atoms with E-state index in [0.29, 0.717) is 12.8 Å². The summed E-state index contributed by atoms with van der Waals surface area (Å²) < 4.78 is 0. The quantitative estimate of drug-likeness (QED) is 0.459. The van der Waals surface area contributed by atoms with Crippen LogP contribution in [-0.4, -0.2) is 49.1 Å². The van der Waals surface area contributed by atoms with Gasteiger partial charge < -0.3 is 21.1 Å². The standard InChI is InChI=1S/C19H33N3O4/c23-17(24)9-13-22-19(26)16-5-3-15(4-6-16)18(25)21-10-1-2-14-7-11-20-12-8-14/h14-16,20H,1-13H2,(H,21,25)(H,22,26)(H,23,24). The number of piperidine rings is 1. The highest BCUT2D eigenvalue weighted by atomic mass is 16.4. The van der Waals surface area contributed by atoms with Gasteiger partial charge in [0.2, 0.25) is 11.8 Å². The van der Waals surface area contributed by atoms with Crippen LogP contribution in [-0.2, 0) is 14.4 Å². The fourth-order valence-corrected chi connectivity index (χ4v) is 3.97. The Kier molecular flexibility index (Phi) is 8.88. The summed E-state index contributed by atoms with van der Waals surface area (Å²) in [5.41, 5.74) is 0. The molecule has 2 fully saturated rings. The number of amides is 2. The number of hydrogen-bond donors (Lipinski definition) is 4. The summed E-state index contributed by atoms with van der Waals surface area (Å²) in [6.07, 6.45) is 7.52. The Bertz CT molecular complexity index is 469. The van der Waals surface area contributed by atoms with Gasteiger partial charge >= 0.3 is 5.97 Å². The Morgan fingerprint density at radius 2 is 1.38 bits per heavy atom. The van der Waals surface area contributed by atoms with Crippen molar-refractivity contribution in [3.63, 3.8) is 0 Å². The van der Waals surface area contributed by atoms with E-state index < -0.39 is 5.97 Å². The maximum absolute atomic E-state index is 12.3. The van der Waals surface area contributed by atoms with Gasteiger partial charge in [0.25, 0.3) is 0 Å². The molecule has 1 aliphatic heterocycles. The minimum atomic E-state index is -0.911. The molecule has 26 heavy (non-hydrogen) atoms. The lowest BCUT2D eigenvalue weighted by atomic mass is 9.81. The van der Waals surface area contributed by atoms with Gasteiger partial charge in [0, 0.05) is 24.9 Å². The van der Waals surface area contributed by atoms with Gasteiger partial charge in [-0.1, -0.05) is 0 Å². The van der Waals surface area contributed by atoms with Crippen molar-refractivity contribution in [2.45, 2.75) is 57.8 Å². The summed E-state index contributed by atoms with van der Waals surface area (Å²) in [5.74, 6) is -0.147. The Morgan fingerprint density at radius 1 is 0.846 bits per heavy atom. The number of aliphatic carboxylic acids is 1. The molecule has 0 aromatic carbocycles.